The Bertz CT molecular complexity index is 893. The monoisotopic (exact) mass is 351 g/mol. The summed E-state index contributed by atoms with van der Waals surface area (Å²) in [6.45, 7) is 4.94. The van der Waals surface area contributed by atoms with Gasteiger partial charge < -0.3 is 14.4 Å². The van der Waals surface area contributed by atoms with Gasteiger partial charge in [-0.25, -0.2) is 4.98 Å². The van der Waals surface area contributed by atoms with Crippen molar-refractivity contribution in [3.8, 4) is 0 Å². The van der Waals surface area contributed by atoms with Crippen molar-refractivity contribution in [3.63, 3.8) is 0 Å². The van der Waals surface area contributed by atoms with E-state index >= 15 is 0 Å². The molecule has 0 spiro atoms. The number of aliphatic hydroxyl groups is 1. The molecular formula is C21H25N3O2. The van der Waals surface area contributed by atoms with E-state index in [1.54, 1.807) is 6.20 Å². The van der Waals surface area contributed by atoms with Gasteiger partial charge in [0.2, 0.25) is 0 Å². The van der Waals surface area contributed by atoms with Gasteiger partial charge in [0.1, 0.15) is 17.2 Å². The van der Waals surface area contributed by atoms with Crippen LogP contribution in [0.15, 0.2) is 53.1 Å². The van der Waals surface area contributed by atoms with E-state index < -0.39 is 5.60 Å². The molecule has 2 aromatic heterocycles. The predicted molar refractivity (Wildman–Crippen MR) is 103 cm³/mol. The average molecular weight is 351 g/mol. The van der Waals surface area contributed by atoms with E-state index in [0.717, 1.165) is 42.1 Å². The molecule has 0 radical (unpaired) electrons. The maximum Gasteiger partial charge on any atom is 0.139 e. The molecular weight excluding hydrogens is 326 g/mol. The van der Waals surface area contributed by atoms with Crippen LogP contribution >= 0.6 is 0 Å². The second-order valence-corrected chi connectivity index (χ2v) is 7.43. The van der Waals surface area contributed by atoms with Crippen molar-refractivity contribution in [2.24, 2.45) is 0 Å². The molecule has 1 fully saturated rings. The number of likely N-dealkylation sites (N-methyl/N-ethyl adjacent to an activating group) is 1. The van der Waals surface area contributed by atoms with Crippen LogP contribution in [0.3, 0.4) is 0 Å². The highest BCUT2D eigenvalue weighted by atomic mass is 16.3. The van der Waals surface area contributed by atoms with Crippen LogP contribution in [0.2, 0.25) is 0 Å². The molecule has 1 saturated heterocycles. The van der Waals surface area contributed by atoms with Crippen molar-refractivity contribution in [3.05, 3.63) is 60.0 Å². The molecule has 5 nitrogen and oxygen atoms in total. The highest BCUT2D eigenvalue weighted by molar-refractivity contribution is 5.89. The topological polar surface area (TPSA) is 52.7 Å². The van der Waals surface area contributed by atoms with Crippen LogP contribution in [0.25, 0.3) is 11.0 Å². The third kappa shape index (κ3) is 3.45. The Balaban J connectivity index is 1.46. The first-order chi connectivity index (χ1) is 12.5. The van der Waals surface area contributed by atoms with Gasteiger partial charge in [0.05, 0.1) is 11.0 Å². The third-order valence-corrected chi connectivity index (χ3v) is 5.10. The number of rotatable bonds is 5. The normalized spacial score (nSPS) is 20.7. The van der Waals surface area contributed by atoms with Gasteiger partial charge in [-0.05, 0) is 31.0 Å². The molecule has 1 aliphatic rings. The van der Waals surface area contributed by atoms with E-state index in [-0.39, 0.29) is 0 Å². The minimum Gasteiger partial charge on any atom is -0.461 e. The number of fused-ring (bicyclic) bond motifs is 1. The molecule has 1 aliphatic heterocycles. The third-order valence-electron chi connectivity index (χ3n) is 5.10. The smallest absolute Gasteiger partial charge is 0.139 e. The van der Waals surface area contributed by atoms with Crippen molar-refractivity contribution in [2.45, 2.75) is 25.5 Å². The molecule has 4 rings (SSSR count). The number of hydrogen-bond donors (Lipinski definition) is 1. The van der Waals surface area contributed by atoms with Crippen LogP contribution in [-0.2, 0) is 6.54 Å². The van der Waals surface area contributed by atoms with E-state index in [0.29, 0.717) is 13.1 Å². The first kappa shape index (κ1) is 17.1. The van der Waals surface area contributed by atoms with Crippen molar-refractivity contribution in [1.82, 2.24) is 9.88 Å². The number of β-amino-alcohol motifs (C(OH)–C–C–N with tert-alkyl or cyclic N) is 1. The summed E-state index contributed by atoms with van der Waals surface area (Å²) in [5, 5.41) is 12.1. The fourth-order valence-electron chi connectivity index (χ4n) is 3.94. The van der Waals surface area contributed by atoms with Crippen LogP contribution in [-0.4, -0.2) is 47.3 Å². The second kappa shape index (κ2) is 6.74. The van der Waals surface area contributed by atoms with Gasteiger partial charge in [-0.2, -0.15) is 0 Å². The molecule has 0 bridgehead atoms. The van der Waals surface area contributed by atoms with Gasteiger partial charge in [0.25, 0.3) is 0 Å². The number of aromatic nitrogens is 1. The quantitative estimate of drug-likeness (QED) is 0.765. The number of pyridine rings is 1. The van der Waals surface area contributed by atoms with Gasteiger partial charge in [-0.3, -0.25) is 4.90 Å². The number of likely N-dealkylation sites (tertiary alicyclic amines) is 1. The maximum absolute atomic E-state index is 11.1. The SMILES string of the molecule is Cc1cc2c(N(C)CC3(O)CCN(Cc4ccccc4)C3)nccc2o1. The Kier molecular flexibility index (Phi) is 4.42. The molecule has 1 atom stereocenters. The molecule has 1 N–H and O–H groups in total. The number of aryl methyl sites for hydroxylation is 1. The van der Waals surface area contributed by atoms with Crippen LogP contribution < -0.4 is 4.90 Å². The van der Waals surface area contributed by atoms with E-state index in [1.807, 2.05) is 37.1 Å². The van der Waals surface area contributed by atoms with E-state index in [9.17, 15) is 5.11 Å². The summed E-state index contributed by atoms with van der Waals surface area (Å²) in [6.07, 6.45) is 2.53. The largest absolute Gasteiger partial charge is 0.461 e. The number of hydrogen-bond acceptors (Lipinski definition) is 5. The molecule has 3 heterocycles. The van der Waals surface area contributed by atoms with Crippen molar-refractivity contribution in [2.75, 3.05) is 31.6 Å². The average Bonchev–Trinajstić information content (AvgIpc) is 3.17. The highest BCUT2D eigenvalue weighted by Gasteiger charge is 2.37. The standard InChI is InChI=1S/C21H25N3O2/c1-16-12-18-19(26-16)8-10-22-20(18)23(2)14-21(25)9-11-24(15-21)13-17-6-4-3-5-7-17/h3-8,10,12,25H,9,11,13-15H2,1-2H3. The first-order valence-corrected chi connectivity index (χ1v) is 9.07. The maximum atomic E-state index is 11.1. The molecule has 1 aromatic carbocycles. The Hall–Kier alpha value is -2.37. The Morgan fingerprint density at radius 3 is 2.88 bits per heavy atom. The number of benzene rings is 1. The molecule has 0 saturated carbocycles. The summed E-state index contributed by atoms with van der Waals surface area (Å²) in [7, 11) is 1.99. The van der Waals surface area contributed by atoms with Crippen LogP contribution in [0.4, 0.5) is 5.82 Å². The Labute approximate surface area is 153 Å². The molecule has 136 valence electrons. The summed E-state index contributed by atoms with van der Waals surface area (Å²) < 4.78 is 5.70. The van der Waals surface area contributed by atoms with Gasteiger partial charge in [-0.15, -0.1) is 0 Å². The van der Waals surface area contributed by atoms with Crippen molar-refractivity contribution < 1.29 is 9.52 Å². The number of furan rings is 1. The Morgan fingerprint density at radius 1 is 1.27 bits per heavy atom. The molecule has 1 unspecified atom stereocenters. The lowest BCUT2D eigenvalue weighted by Crippen LogP contribution is -2.44. The lowest BCUT2D eigenvalue weighted by molar-refractivity contribution is 0.0561. The second-order valence-electron chi connectivity index (χ2n) is 7.43. The fourth-order valence-corrected chi connectivity index (χ4v) is 3.94. The number of anilines is 1. The zero-order valence-corrected chi connectivity index (χ0v) is 15.4. The summed E-state index contributed by atoms with van der Waals surface area (Å²) in [5.74, 6) is 1.73. The van der Waals surface area contributed by atoms with E-state index in [2.05, 4.69) is 34.1 Å². The molecule has 0 aliphatic carbocycles. The summed E-state index contributed by atoms with van der Waals surface area (Å²) in [4.78, 5) is 8.88. The van der Waals surface area contributed by atoms with Crippen LogP contribution in [0.5, 0.6) is 0 Å². The van der Waals surface area contributed by atoms with Crippen molar-refractivity contribution >= 4 is 16.8 Å². The first-order valence-electron chi connectivity index (χ1n) is 9.07. The highest BCUT2D eigenvalue weighted by Crippen LogP contribution is 2.30. The van der Waals surface area contributed by atoms with Gasteiger partial charge in [0, 0.05) is 39.4 Å². The lowest BCUT2D eigenvalue weighted by Gasteiger charge is -2.30. The molecule has 0 amide bonds. The number of nitrogens with zero attached hydrogens (tertiary/aromatic N) is 3. The summed E-state index contributed by atoms with van der Waals surface area (Å²) in [5.41, 5.74) is 1.39. The predicted octanol–water partition coefficient (Wildman–Crippen LogP) is 3.21. The van der Waals surface area contributed by atoms with E-state index in [4.69, 9.17) is 4.42 Å². The van der Waals surface area contributed by atoms with Crippen LogP contribution in [0.1, 0.15) is 17.7 Å². The van der Waals surface area contributed by atoms with Gasteiger partial charge in [-0.1, -0.05) is 30.3 Å². The minimum absolute atomic E-state index is 0.550. The van der Waals surface area contributed by atoms with Crippen molar-refractivity contribution in [1.29, 1.82) is 0 Å². The summed E-state index contributed by atoms with van der Waals surface area (Å²) in [6, 6.07) is 14.3. The lowest BCUT2D eigenvalue weighted by atomic mass is 10.0. The zero-order valence-electron chi connectivity index (χ0n) is 15.4. The van der Waals surface area contributed by atoms with Gasteiger partial charge >= 0.3 is 0 Å². The Morgan fingerprint density at radius 2 is 2.08 bits per heavy atom. The zero-order chi connectivity index (χ0) is 18.1. The minimum atomic E-state index is -0.730. The fraction of sp³-hybridized carbons (Fsp3) is 0.381. The van der Waals surface area contributed by atoms with E-state index in [1.165, 1.54) is 5.56 Å². The molecule has 26 heavy (non-hydrogen) atoms. The van der Waals surface area contributed by atoms with Crippen LogP contribution in [0, 0.1) is 6.92 Å². The van der Waals surface area contributed by atoms with Gasteiger partial charge in [0.15, 0.2) is 0 Å². The molecule has 3 aromatic rings. The molecule has 5 heteroatoms. The summed E-state index contributed by atoms with van der Waals surface area (Å²) >= 11 is 0.